The number of benzene rings is 2. The van der Waals surface area contributed by atoms with Crippen molar-refractivity contribution in [2.24, 2.45) is 0 Å². The zero-order chi connectivity index (χ0) is 24.5. The Kier molecular flexibility index (Phi) is 10.2. The highest BCUT2D eigenvalue weighted by molar-refractivity contribution is 7.21. The monoisotopic (exact) mass is 488 g/mol. The number of anilines is 1. The predicted molar refractivity (Wildman–Crippen MR) is 140 cm³/mol. The van der Waals surface area contributed by atoms with Crippen LogP contribution in [0.25, 0.3) is 20.8 Å². The SMILES string of the molecule is COCCN(CCOC)c1cc(C)c2nc3c(C)cc(=[N+](CCOC)CCOC)cc-3sc2c1. The smallest absolute Gasteiger partial charge is 0.201 e. The van der Waals surface area contributed by atoms with Gasteiger partial charge in [-0.3, -0.25) is 0 Å². The number of rotatable bonds is 13. The van der Waals surface area contributed by atoms with E-state index in [2.05, 4.69) is 47.6 Å². The third-order valence-corrected chi connectivity index (χ3v) is 7.00. The molecule has 186 valence electrons. The van der Waals surface area contributed by atoms with E-state index in [-0.39, 0.29) is 0 Å². The molecule has 0 spiro atoms. The van der Waals surface area contributed by atoms with Crippen LogP contribution in [0.2, 0.25) is 0 Å². The third kappa shape index (κ3) is 6.52. The Morgan fingerprint density at radius 1 is 0.794 bits per heavy atom. The van der Waals surface area contributed by atoms with E-state index in [1.54, 1.807) is 39.8 Å². The molecule has 0 saturated heterocycles. The quantitative estimate of drug-likeness (QED) is 0.272. The van der Waals surface area contributed by atoms with Gasteiger partial charge in [-0.15, -0.1) is 11.3 Å². The lowest BCUT2D eigenvalue weighted by molar-refractivity contribution is 0.170. The molecule has 0 saturated carbocycles. The first-order valence-electron chi connectivity index (χ1n) is 11.7. The molecule has 1 heterocycles. The average Bonchev–Trinajstić information content (AvgIpc) is 2.83. The number of hydrogen-bond acceptors (Lipinski definition) is 7. The Morgan fingerprint density at radius 2 is 1.41 bits per heavy atom. The molecule has 0 N–H and O–H groups in total. The van der Waals surface area contributed by atoms with Crippen molar-refractivity contribution in [1.82, 2.24) is 9.56 Å². The molecule has 0 fully saturated rings. The molecule has 0 aromatic heterocycles. The topological polar surface area (TPSA) is 56.1 Å². The molecule has 2 aliphatic rings. The fourth-order valence-electron chi connectivity index (χ4n) is 4.04. The summed E-state index contributed by atoms with van der Waals surface area (Å²) >= 11 is 1.80. The molecular formula is C26H38N3O4S+. The summed E-state index contributed by atoms with van der Waals surface area (Å²) in [5.74, 6) is 0. The van der Waals surface area contributed by atoms with Crippen LogP contribution in [0, 0.1) is 13.8 Å². The van der Waals surface area contributed by atoms with Crippen molar-refractivity contribution in [3.8, 4) is 10.6 Å². The third-order valence-electron chi connectivity index (χ3n) is 5.94. The van der Waals surface area contributed by atoms with Gasteiger partial charge in [0.1, 0.15) is 13.2 Å². The average molecular weight is 489 g/mol. The van der Waals surface area contributed by atoms with Crippen molar-refractivity contribution >= 4 is 27.2 Å². The van der Waals surface area contributed by atoms with E-state index in [0.717, 1.165) is 37.4 Å². The molecule has 0 amide bonds. The van der Waals surface area contributed by atoms with Gasteiger partial charge in [0, 0.05) is 59.3 Å². The van der Waals surface area contributed by atoms with Gasteiger partial charge < -0.3 is 23.8 Å². The van der Waals surface area contributed by atoms with Crippen LogP contribution in [0.4, 0.5) is 5.69 Å². The number of hydrogen-bond donors (Lipinski definition) is 0. The van der Waals surface area contributed by atoms with Gasteiger partial charge in [0.25, 0.3) is 0 Å². The number of aryl methyl sites for hydroxylation is 2. The highest BCUT2D eigenvalue weighted by Gasteiger charge is 2.17. The minimum absolute atomic E-state index is 0.668. The molecule has 8 heteroatoms. The summed E-state index contributed by atoms with van der Waals surface area (Å²) in [4.78, 5) is 8.60. The van der Waals surface area contributed by atoms with E-state index in [9.17, 15) is 0 Å². The Bertz CT molecular complexity index is 1100. The molecule has 34 heavy (non-hydrogen) atoms. The number of fused-ring (bicyclic) bond motifs is 2. The number of methoxy groups -OCH3 is 4. The summed E-state index contributed by atoms with van der Waals surface area (Å²) in [6, 6.07) is 8.95. The highest BCUT2D eigenvalue weighted by atomic mass is 32.1. The minimum atomic E-state index is 0.668. The molecule has 1 aromatic carbocycles. The van der Waals surface area contributed by atoms with Crippen molar-refractivity contribution in [2.75, 3.05) is 85.9 Å². The van der Waals surface area contributed by atoms with Crippen molar-refractivity contribution in [3.05, 3.63) is 40.7 Å². The zero-order valence-corrected chi connectivity index (χ0v) is 22.2. The number of ether oxygens (including phenoxy) is 4. The van der Waals surface area contributed by atoms with Crippen LogP contribution < -0.4 is 14.8 Å². The summed E-state index contributed by atoms with van der Waals surface area (Å²) in [7, 11) is 6.95. The van der Waals surface area contributed by atoms with Crippen LogP contribution in [-0.2, 0) is 18.9 Å². The van der Waals surface area contributed by atoms with Crippen LogP contribution in [0.5, 0.6) is 0 Å². The lowest BCUT2D eigenvalue weighted by Gasteiger charge is -2.25. The van der Waals surface area contributed by atoms with Crippen LogP contribution >= 0.6 is 11.3 Å². The lowest BCUT2D eigenvalue weighted by atomic mass is 10.1. The maximum Gasteiger partial charge on any atom is 0.201 e. The summed E-state index contributed by atoms with van der Waals surface area (Å²) in [5, 5.41) is 1.17. The fraction of sp³-hybridized carbons (Fsp3) is 0.538. The largest absolute Gasteiger partial charge is 0.383 e. The van der Waals surface area contributed by atoms with Crippen LogP contribution in [-0.4, -0.2) is 86.0 Å². The van der Waals surface area contributed by atoms with Crippen molar-refractivity contribution in [2.45, 2.75) is 13.8 Å². The molecule has 3 rings (SSSR count). The first-order valence-corrected chi connectivity index (χ1v) is 12.5. The first kappa shape index (κ1) is 26.5. The van der Waals surface area contributed by atoms with Crippen LogP contribution in [0.3, 0.4) is 0 Å². The van der Waals surface area contributed by atoms with E-state index in [1.807, 2.05) is 0 Å². The number of aromatic nitrogens is 1. The normalized spacial score (nSPS) is 11.5. The Balaban J connectivity index is 2.14. The summed E-state index contributed by atoms with van der Waals surface area (Å²) in [5.41, 5.74) is 5.65. The Hall–Kier alpha value is -2.10. The Labute approximate surface area is 206 Å². The van der Waals surface area contributed by atoms with Gasteiger partial charge in [-0.2, -0.15) is 0 Å². The zero-order valence-electron chi connectivity index (χ0n) is 21.3. The summed E-state index contributed by atoms with van der Waals surface area (Å²) in [6.07, 6.45) is 0. The molecule has 0 radical (unpaired) electrons. The Morgan fingerprint density at radius 3 is 2.00 bits per heavy atom. The van der Waals surface area contributed by atoms with Crippen molar-refractivity contribution in [1.29, 1.82) is 0 Å². The molecule has 0 bridgehead atoms. The summed E-state index contributed by atoms with van der Waals surface area (Å²) < 4.78 is 24.9. The van der Waals surface area contributed by atoms with Crippen molar-refractivity contribution in [3.63, 3.8) is 0 Å². The van der Waals surface area contributed by atoms with E-state index < -0.39 is 0 Å². The molecule has 0 atom stereocenters. The van der Waals surface area contributed by atoms with Gasteiger partial charge in [-0.1, -0.05) is 0 Å². The molecule has 1 aliphatic carbocycles. The van der Waals surface area contributed by atoms with Gasteiger partial charge in [0.05, 0.1) is 34.0 Å². The second-order valence-electron chi connectivity index (χ2n) is 8.38. The van der Waals surface area contributed by atoms with Gasteiger partial charge in [0.15, 0.2) is 13.1 Å². The standard InChI is InChI=1S/C26H38N3O4S/c1-19-15-21(28(7-11-30-3)8-12-31-4)17-23-25(19)27-26-20(2)16-22(18-24(26)34-23)29(9-13-32-5)10-14-33-6/h15-18H,7-14H2,1-6H3/q+1. The minimum Gasteiger partial charge on any atom is -0.383 e. The maximum atomic E-state index is 5.34. The molecule has 0 unspecified atom stereocenters. The van der Waals surface area contributed by atoms with E-state index in [0.29, 0.717) is 26.4 Å². The van der Waals surface area contributed by atoms with E-state index in [1.165, 1.54) is 31.7 Å². The van der Waals surface area contributed by atoms with Gasteiger partial charge in [-0.05, 0) is 37.1 Å². The fourth-order valence-corrected chi connectivity index (χ4v) is 5.24. The lowest BCUT2D eigenvalue weighted by Crippen LogP contribution is -2.35. The van der Waals surface area contributed by atoms with Crippen LogP contribution in [0.1, 0.15) is 11.1 Å². The highest BCUT2D eigenvalue weighted by Crippen LogP contribution is 2.35. The van der Waals surface area contributed by atoms with Crippen LogP contribution in [0.15, 0.2) is 24.3 Å². The van der Waals surface area contributed by atoms with Gasteiger partial charge in [0.2, 0.25) is 5.36 Å². The molecule has 7 nitrogen and oxygen atoms in total. The predicted octanol–water partition coefficient (Wildman–Crippen LogP) is 3.18. The number of nitrogens with zero attached hydrogens (tertiary/aromatic N) is 3. The van der Waals surface area contributed by atoms with Gasteiger partial charge in [-0.25, -0.2) is 9.56 Å². The first-order chi connectivity index (χ1) is 16.5. The molecule has 1 aliphatic heterocycles. The van der Waals surface area contributed by atoms with Crippen molar-refractivity contribution < 1.29 is 18.9 Å². The van der Waals surface area contributed by atoms with E-state index >= 15 is 0 Å². The molecule has 1 aromatic rings. The second kappa shape index (κ2) is 13.1. The summed E-state index contributed by atoms with van der Waals surface area (Å²) in [6.45, 7) is 10.2. The van der Waals surface area contributed by atoms with Gasteiger partial charge >= 0.3 is 0 Å². The van der Waals surface area contributed by atoms with E-state index in [4.69, 9.17) is 23.9 Å². The maximum absolute atomic E-state index is 5.34. The second-order valence-corrected chi connectivity index (χ2v) is 9.46. The molecular weight excluding hydrogens is 450 g/mol.